The van der Waals surface area contributed by atoms with E-state index in [1.807, 2.05) is 0 Å². The Morgan fingerprint density at radius 2 is 1.76 bits per heavy atom. The number of hydrogen-bond donors (Lipinski definition) is 3. The number of carbonyl (C=O) groups is 2. The lowest BCUT2D eigenvalue weighted by Crippen LogP contribution is -2.35. The van der Waals surface area contributed by atoms with Crippen molar-refractivity contribution < 1.29 is 27.9 Å². The van der Waals surface area contributed by atoms with E-state index in [4.69, 9.17) is 5.11 Å². The molecule has 0 bridgehead atoms. The number of carboxylic acid groups (broad SMARTS) is 1. The summed E-state index contributed by atoms with van der Waals surface area (Å²) in [4.78, 5) is 26.2. The number of benzene rings is 1. The van der Waals surface area contributed by atoms with E-state index < -0.39 is 24.7 Å². The minimum Gasteiger partial charge on any atom is -0.478 e. The highest BCUT2D eigenvalue weighted by Gasteiger charge is 2.28. The number of aromatic nitrogens is 2. The summed E-state index contributed by atoms with van der Waals surface area (Å²) in [6.45, 7) is -1.20. The predicted molar refractivity (Wildman–Crippen MR) is 80.8 cm³/mol. The lowest BCUT2D eigenvalue weighted by Gasteiger charge is -2.12. The number of rotatable bonds is 6. The number of nitrogens with zero attached hydrogens (tertiary/aromatic N) is 2. The molecule has 7 nitrogen and oxygen atoms in total. The first-order chi connectivity index (χ1) is 11.7. The Bertz CT molecular complexity index is 741. The number of halogens is 3. The van der Waals surface area contributed by atoms with Crippen molar-refractivity contribution in [1.82, 2.24) is 20.2 Å². The topological polar surface area (TPSA) is 96.2 Å². The van der Waals surface area contributed by atoms with Gasteiger partial charge in [-0.15, -0.1) is 0 Å². The van der Waals surface area contributed by atoms with Crippen LogP contribution in [0.4, 0.5) is 18.0 Å². The van der Waals surface area contributed by atoms with E-state index in [2.05, 4.69) is 15.6 Å². The van der Waals surface area contributed by atoms with Crippen molar-refractivity contribution in [2.75, 3.05) is 0 Å². The van der Waals surface area contributed by atoms with Gasteiger partial charge in [-0.05, 0) is 17.7 Å². The van der Waals surface area contributed by atoms with Gasteiger partial charge in [0.05, 0.1) is 12.1 Å². The zero-order valence-corrected chi connectivity index (χ0v) is 12.9. The molecule has 1 heterocycles. The summed E-state index contributed by atoms with van der Waals surface area (Å²) < 4.78 is 38.1. The molecule has 0 spiro atoms. The van der Waals surface area contributed by atoms with E-state index in [9.17, 15) is 22.8 Å². The van der Waals surface area contributed by atoms with Gasteiger partial charge < -0.3 is 20.3 Å². The van der Waals surface area contributed by atoms with Crippen molar-refractivity contribution in [2.45, 2.75) is 25.8 Å². The largest absolute Gasteiger partial charge is 0.478 e. The summed E-state index contributed by atoms with van der Waals surface area (Å²) in [6, 6.07) is 5.35. The fourth-order valence-electron chi connectivity index (χ4n) is 2.01. The molecular weight excluding hydrogens is 341 g/mol. The highest BCUT2D eigenvalue weighted by molar-refractivity contribution is 5.87. The molecule has 0 unspecified atom stereocenters. The van der Waals surface area contributed by atoms with Gasteiger partial charge in [0.1, 0.15) is 12.4 Å². The number of imidazole rings is 1. The number of urea groups is 1. The van der Waals surface area contributed by atoms with Crippen LogP contribution in [0.1, 0.15) is 21.7 Å². The molecule has 0 fully saturated rings. The summed E-state index contributed by atoms with van der Waals surface area (Å²) in [5, 5.41) is 13.7. The molecule has 0 aliphatic rings. The molecule has 3 N–H and O–H groups in total. The molecule has 0 radical (unpaired) electrons. The Balaban J connectivity index is 1.81. The molecule has 0 aliphatic heterocycles. The summed E-state index contributed by atoms with van der Waals surface area (Å²) in [5.74, 6) is -0.968. The SMILES string of the molecule is O=C(NCc1ccc(C(=O)O)cc1)NCc1nccn1CC(F)(F)F. The number of alkyl halides is 3. The van der Waals surface area contributed by atoms with Gasteiger partial charge in [0, 0.05) is 18.9 Å². The number of nitrogens with one attached hydrogen (secondary N) is 2. The molecule has 25 heavy (non-hydrogen) atoms. The lowest BCUT2D eigenvalue weighted by atomic mass is 10.1. The molecule has 10 heteroatoms. The van der Waals surface area contributed by atoms with Gasteiger partial charge in [0.25, 0.3) is 0 Å². The van der Waals surface area contributed by atoms with Gasteiger partial charge in [-0.3, -0.25) is 0 Å². The van der Waals surface area contributed by atoms with Gasteiger partial charge in [0.2, 0.25) is 0 Å². The fourth-order valence-corrected chi connectivity index (χ4v) is 2.01. The summed E-state index contributed by atoms with van der Waals surface area (Å²) in [6.07, 6.45) is -1.96. The average Bonchev–Trinajstić information content (AvgIpc) is 2.96. The second-order valence-electron chi connectivity index (χ2n) is 5.12. The van der Waals surface area contributed by atoms with E-state index in [0.29, 0.717) is 5.56 Å². The van der Waals surface area contributed by atoms with Crippen LogP contribution in [0.15, 0.2) is 36.7 Å². The van der Waals surface area contributed by atoms with Crippen molar-refractivity contribution >= 4 is 12.0 Å². The predicted octanol–water partition coefficient (Wildman–Crippen LogP) is 2.14. The third-order valence-electron chi connectivity index (χ3n) is 3.21. The molecule has 0 saturated carbocycles. The number of carbonyl (C=O) groups excluding carboxylic acids is 1. The maximum Gasteiger partial charge on any atom is 0.406 e. The minimum absolute atomic E-state index is 0.0817. The number of carboxylic acids is 1. The van der Waals surface area contributed by atoms with Crippen molar-refractivity contribution in [3.63, 3.8) is 0 Å². The standard InChI is InChI=1S/C15H15F3N4O3/c16-15(17,18)9-22-6-5-19-12(22)8-21-14(25)20-7-10-1-3-11(4-2-10)13(23)24/h1-6H,7-9H2,(H,23,24)(H2,20,21,25). The molecule has 134 valence electrons. The van der Waals surface area contributed by atoms with Crippen LogP contribution in [0.5, 0.6) is 0 Å². The van der Waals surface area contributed by atoms with Crippen LogP contribution in [0.3, 0.4) is 0 Å². The maximum atomic E-state index is 12.4. The molecule has 0 aliphatic carbocycles. The zero-order valence-electron chi connectivity index (χ0n) is 12.9. The summed E-state index contributed by atoms with van der Waals surface area (Å²) >= 11 is 0. The van der Waals surface area contributed by atoms with Crippen LogP contribution < -0.4 is 10.6 Å². The Labute approximate surface area is 140 Å². The van der Waals surface area contributed by atoms with E-state index in [-0.39, 0.29) is 24.5 Å². The highest BCUT2D eigenvalue weighted by Crippen LogP contribution is 2.18. The number of aromatic carboxylic acids is 1. The Kier molecular flexibility index (Phi) is 5.63. The van der Waals surface area contributed by atoms with Crippen LogP contribution >= 0.6 is 0 Å². The van der Waals surface area contributed by atoms with E-state index in [1.54, 1.807) is 12.1 Å². The molecule has 2 rings (SSSR count). The first-order valence-corrected chi connectivity index (χ1v) is 7.15. The van der Waals surface area contributed by atoms with Crippen LogP contribution in [0.25, 0.3) is 0 Å². The van der Waals surface area contributed by atoms with E-state index in [1.165, 1.54) is 24.5 Å². The highest BCUT2D eigenvalue weighted by atomic mass is 19.4. The van der Waals surface area contributed by atoms with Crippen molar-refractivity contribution in [3.8, 4) is 0 Å². The van der Waals surface area contributed by atoms with Gasteiger partial charge in [-0.2, -0.15) is 13.2 Å². The van der Waals surface area contributed by atoms with Crippen molar-refractivity contribution in [2.24, 2.45) is 0 Å². The zero-order chi connectivity index (χ0) is 18.4. The first-order valence-electron chi connectivity index (χ1n) is 7.15. The quantitative estimate of drug-likeness (QED) is 0.739. The Morgan fingerprint density at radius 3 is 2.36 bits per heavy atom. The van der Waals surface area contributed by atoms with E-state index in [0.717, 1.165) is 4.57 Å². The van der Waals surface area contributed by atoms with Gasteiger partial charge in [-0.25, -0.2) is 14.6 Å². The smallest absolute Gasteiger partial charge is 0.406 e. The van der Waals surface area contributed by atoms with Crippen LogP contribution in [-0.4, -0.2) is 32.8 Å². The number of hydrogen-bond acceptors (Lipinski definition) is 3. The Hall–Kier alpha value is -3.04. The molecule has 1 aromatic heterocycles. The third-order valence-corrected chi connectivity index (χ3v) is 3.21. The first kappa shape index (κ1) is 18.3. The minimum atomic E-state index is -4.38. The molecular formula is C15H15F3N4O3. The van der Waals surface area contributed by atoms with Crippen LogP contribution in [0.2, 0.25) is 0 Å². The molecule has 1 aromatic carbocycles. The monoisotopic (exact) mass is 356 g/mol. The molecule has 2 amide bonds. The normalized spacial score (nSPS) is 11.2. The van der Waals surface area contributed by atoms with Gasteiger partial charge in [0.15, 0.2) is 0 Å². The number of amides is 2. The van der Waals surface area contributed by atoms with E-state index >= 15 is 0 Å². The van der Waals surface area contributed by atoms with Crippen LogP contribution in [-0.2, 0) is 19.6 Å². The molecule has 2 aromatic rings. The maximum absolute atomic E-state index is 12.4. The summed E-state index contributed by atoms with van der Waals surface area (Å²) in [7, 11) is 0. The van der Waals surface area contributed by atoms with Gasteiger partial charge >= 0.3 is 18.2 Å². The second kappa shape index (κ2) is 7.69. The van der Waals surface area contributed by atoms with Crippen molar-refractivity contribution in [3.05, 3.63) is 53.6 Å². The summed E-state index contributed by atoms with van der Waals surface area (Å²) in [5.41, 5.74) is 0.809. The van der Waals surface area contributed by atoms with Crippen molar-refractivity contribution in [1.29, 1.82) is 0 Å². The second-order valence-corrected chi connectivity index (χ2v) is 5.12. The fraction of sp³-hybridized carbons (Fsp3) is 0.267. The molecule has 0 atom stereocenters. The lowest BCUT2D eigenvalue weighted by molar-refractivity contribution is -0.141. The third kappa shape index (κ3) is 5.83. The Morgan fingerprint density at radius 1 is 1.12 bits per heavy atom. The average molecular weight is 356 g/mol. The van der Waals surface area contributed by atoms with Crippen LogP contribution in [0, 0.1) is 0 Å². The van der Waals surface area contributed by atoms with Gasteiger partial charge in [-0.1, -0.05) is 12.1 Å². The molecule has 0 saturated heterocycles.